The lowest BCUT2D eigenvalue weighted by Gasteiger charge is -2.22. The highest BCUT2D eigenvalue weighted by molar-refractivity contribution is 5.07. The second-order valence-corrected chi connectivity index (χ2v) is 6.23. The minimum absolute atomic E-state index is 0.676. The quantitative estimate of drug-likeness (QED) is 0.705. The van der Waals surface area contributed by atoms with E-state index >= 15 is 0 Å². The second kappa shape index (κ2) is 9.19. The van der Waals surface area contributed by atoms with Crippen LogP contribution in [0.4, 0.5) is 0 Å². The van der Waals surface area contributed by atoms with Gasteiger partial charge in [-0.2, -0.15) is 0 Å². The van der Waals surface area contributed by atoms with Crippen molar-refractivity contribution in [2.24, 2.45) is 11.8 Å². The van der Waals surface area contributed by atoms with Gasteiger partial charge < -0.3 is 9.73 Å². The maximum atomic E-state index is 5.91. The van der Waals surface area contributed by atoms with E-state index in [2.05, 4.69) is 57.0 Å². The maximum absolute atomic E-state index is 5.91. The summed E-state index contributed by atoms with van der Waals surface area (Å²) in [6.07, 6.45) is 1.24. The Balaban J connectivity index is 2.41. The van der Waals surface area contributed by atoms with Gasteiger partial charge in [-0.3, -0.25) is 4.90 Å². The molecule has 0 spiro atoms. The first-order valence-corrected chi connectivity index (χ1v) is 8.05. The lowest BCUT2D eigenvalue weighted by molar-refractivity contribution is 0.218. The smallest absolute Gasteiger partial charge is 0.118 e. The average molecular weight is 280 g/mol. The normalized spacial score (nSPS) is 13.3. The van der Waals surface area contributed by atoms with Crippen LogP contribution in [0.1, 0.15) is 52.6 Å². The molecule has 1 heterocycles. The van der Waals surface area contributed by atoms with E-state index in [1.807, 2.05) is 0 Å². The van der Waals surface area contributed by atoms with Gasteiger partial charge in [0.05, 0.1) is 13.1 Å². The van der Waals surface area contributed by atoms with Crippen molar-refractivity contribution in [3.63, 3.8) is 0 Å². The van der Waals surface area contributed by atoms with Gasteiger partial charge in [0, 0.05) is 6.54 Å². The van der Waals surface area contributed by atoms with E-state index in [1.165, 1.54) is 6.42 Å². The molecule has 1 atom stereocenters. The largest absolute Gasteiger partial charge is 0.463 e. The first-order valence-electron chi connectivity index (χ1n) is 8.05. The van der Waals surface area contributed by atoms with Crippen LogP contribution in [0, 0.1) is 11.8 Å². The van der Waals surface area contributed by atoms with Gasteiger partial charge in [-0.15, -0.1) is 0 Å². The number of nitrogens with one attached hydrogen (secondary N) is 1. The molecule has 20 heavy (non-hydrogen) atoms. The zero-order valence-corrected chi connectivity index (χ0v) is 13.9. The molecule has 0 aromatic carbocycles. The third-order valence-corrected chi connectivity index (χ3v) is 3.66. The van der Waals surface area contributed by atoms with Crippen molar-refractivity contribution >= 4 is 0 Å². The topological polar surface area (TPSA) is 28.4 Å². The molecule has 0 amide bonds. The summed E-state index contributed by atoms with van der Waals surface area (Å²) in [7, 11) is 0. The zero-order chi connectivity index (χ0) is 15.0. The van der Waals surface area contributed by atoms with Crippen LogP contribution >= 0.6 is 0 Å². The van der Waals surface area contributed by atoms with Crippen molar-refractivity contribution in [2.75, 3.05) is 19.6 Å². The molecular weight excluding hydrogens is 248 g/mol. The van der Waals surface area contributed by atoms with E-state index in [9.17, 15) is 0 Å². The Morgan fingerprint density at radius 3 is 2.45 bits per heavy atom. The van der Waals surface area contributed by atoms with Crippen molar-refractivity contribution in [3.05, 3.63) is 23.7 Å². The molecule has 116 valence electrons. The van der Waals surface area contributed by atoms with E-state index in [-0.39, 0.29) is 0 Å². The minimum atomic E-state index is 0.676. The predicted octanol–water partition coefficient (Wildman–Crippen LogP) is 3.89. The third-order valence-electron chi connectivity index (χ3n) is 3.66. The number of nitrogens with zero attached hydrogens (tertiary/aromatic N) is 1. The fraction of sp³-hybridized carbons (Fsp3) is 0.765. The van der Waals surface area contributed by atoms with E-state index in [0.29, 0.717) is 5.92 Å². The van der Waals surface area contributed by atoms with Crippen LogP contribution in [0.3, 0.4) is 0 Å². The van der Waals surface area contributed by atoms with Crippen LogP contribution in [-0.2, 0) is 13.1 Å². The highest BCUT2D eigenvalue weighted by atomic mass is 16.3. The van der Waals surface area contributed by atoms with Gasteiger partial charge in [-0.25, -0.2) is 0 Å². The molecular formula is C17H32N2O. The Hall–Kier alpha value is -0.800. The summed E-state index contributed by atoms with van der Waals surface area (Å²) >= 11 is 0. The highest BCUT2D eigenvalue weighted by Gasteiger charge is 2.10. The monoisotopic (exact) mass is 280 g/mol. The Kier molecular flexibility index (Phi) is 7.93. The molecule has 1 aromatic rings. The van der Waals surface area contributed by atoms with Crippen LogP contribution in [-0.4, -0.2) is 24.5 Å². The fourth-order valence-electron chi connectivity index (χ4n) is 2.18. The lowest BCUT2D eigenvalue weighted by Crippen LogP contribution is -2.27. The minimum Gasteiger partial charge on any atom is -0.463 e. The molecule has 1 aromatic heterocycles. The van der Waals surface area contributed by atoms with E-state index in [4.69, 9.17) is 4.42 Å². The molecule has 1 rings (SSSR count). The van der Waals surface area contributed by atoms with Gasteiger partial charge in [0.1, 0.15) is 11.5 Å². The van der Waals surface area contributed by atoms with Gasteiger partial charge in [-0.05, 0) is 37.1 Å². The van der Waals surface area contributed by atoms with Gasteiger partial charge >= 0.3 is 0 Å². The Bertz CT molecular complexity index is 360. The second-order valence-electron chi connectivity index (χ2n) is 6.23. The summed E-state index contributed by atoms with van der Waals surface area (Å²) in [5.74, 6) is 3.55. The fourth-order valence-corrected chi connectivity index (χ4v) is 2.18. The molecule has 1 unspecified atom stereocenters. The third kappa shape index (κ3) is 6.58. The standard InChI is InChI=1S/C17H32N2O/c1-6-15(5)12-19(7-2)13-17-9-8-16(20-17)11-18-10-14(3)4/h8-9,14-15,18H,6-7,10-13H2,1-5H3. The molecule has 0 radical (unpaired) electrons. The van der Waals surface area contributed by atoms with Gasteiger partial charge in [0.2, 0.25) is 0 Å². The van der Waals surface area contributed by atoms with Crippen molar-refractivity contribution in [1.82, 2.24) is 10.2 Å². The average Bonchev–Trinajstić information content (AvgIpc) is 2.85. The molecule has 0 fully saturated rings. The van der Waals surface area contributed by atoms with Crippen LogP contribution in [0.5, 0.6) is 0 Å². The van der Waals surface area contributed by atoms with Gasteiger partial charge in [0.15, 0.2) is 0 Å². The van der Waals surface area contributed by atoms with Crippen LogP contribution < -0.4 is 5.32 Å². The van der Waals surface area contributed by atoms with E-state index in [1.54, 1.807) is 0 Å². The van der Waals surface area contributed by atoms with Crippen molar-refractivity contribution in [2.45, 2.75) is 54.1 Å². The van der Waals surface area contributed by atoms with E-state index in [0.717, 1.165) is 50.2 Å². The Morgan fingerprint density at radius 2 is 1.85 bits per heavy atom. The Morgan fingerprint density at radius 1 is 1.15 bits per heavy atom. The first-order chi connectivity index (χ1) is 9.55. The van der Waals surface area contributed by atoms with Crippen LogP contribution in [0.15, 0.2) is 16.5 Å². The van der Waals surface area contributed by atoms with Crippen molar-refractivity contribution < 1.29 is 4.42 Å². The summed E-state index contributed by atoms with van der Waals surface area (Å²) in [4.78, 5) is 2.46. The van der Waals surface area contributed by atoms with Crippen LogP contribution in [0.2, 0.25) is 0 Å². The molecule has 0 bridgehead atoms. The molecule has 1 N–H and O–H groups in total. The molecule has 0 saturated carbocycles. The molecule has 3 nitrogen and oxygen atoms in total. The summed E-state index contributed by atoms with van der Waals surface area (Å²) in [6.45, 7) is 16.2. The van der Waals surface area contributed by atoms with Crippen molar-refractivity contribution in [3.8, 4) is 0 Å². The SMILES string of the molecule is CCC(C)CN(CC)Cc1ccc(CNCC(C)C)o1. The first kappa shape index (κ1) is 17.3. The lowest BCUT2D eigenvalue weighted by atomic mass is 10.1. The number of hydrogen-bond acceptors (Lipinski definition) is 3. The highest BCUT2D eigenvalue weighted by Crippen LogP contribution is 2.13. The molecule has 0 saturated heterocycles. The number of hydrogen-bond donors (Lipinski definition) is 1. The zero-order valence-electron chi connectivity index (χ0n) is 13.9. The summed E-state index contributed by atoms with van der Waals surface area (Å²) in [6, 6.07) is 4.21. The summed E-state index contributed by atoms with van der Waals surface area (Å²) in [5, 5.41) is 3.42. The predicted molar refractivity (Wildman–Crippen MR) is 85.7 cm³/mol. The molecule has 3 heteroatoms. The summed E-state index contributed by atoms with van der Waals surface area (Å²) < 4.78 is 5.91. The van der Waals surface area contributed by atoms with Gasteiger partial charge in [-0.1, -0.05) is 41.0 Å². The summed E-state index contributed by atoms with van der Waals surface area (Å²) in [5.41, 5.74) is 0. The molecule has 0 aliphatic heterocycles. The van der Waals surface area contributed by atoms with E-state index < -0.39 is 0 Å². The molecule has 0 aliphatic rings. The Labute approximate surface area is 124 Å². The van der Waals surface area contributed by atoms with Crippen molar-refractivity contribution in [1.29, 1.82) is 0 Å². The number of furan rings is 1. The number of rotatable bonds is 10. The maximum Gasteiger partial charge on any atom is 0.118 e. The van der Waals surface area contributed by atoms with Crippen LogP contribution in [0.25, 0.3) is 0 Å². The molecule has 0 aliphatic carbocycles. The van der Waals surface area contributed by atoms with Gasteiger partial charge in [0.25, 0.3) is 0 Å².